The molecule has 0 saturated carbocycles. The van der Waals surface area contributed by atoms with Crippen LogP contribution in [0.1, 0.15) is 26.3 Å². The van der Waals surface area contributed by atoms with Crippen LogP contribution >= 0.6 is 7.60 Å². The highest BCUT2D eigenvalue weighted by atomic mass is 31.2. The quantitative estimate of drug-likeness (QED) is 0.518. The third-order valence-electron chi connectivity index (χ3n) is 2.63. The molecular formula is C15H19F2O3P. The second kappa shape index (κ2) is 7.67. The van der Waals surface area contributed by atoms with E-state index in [1.165, 1.54) is 13.8 Å². The summed E-state index contributed by atoms with van der Waals surface area (Å²) in [5.41, 5.74) is 0.00977. The zero-order valence-corrected chi connectivity index (χ0v) is 13.2. The van der Waals surface area contributed by atoms with Gasteiger partial charge >= 0.3 is 13.3 Å². The number of allylic oxidation sites excluding steroid dienone is 1. The van der Waals surface area contributed by atoms with Gasteiger partial charge in [-0.1, -0.05) is 30.3 Å². The number of alkyl halides is 2. The van der Waals surface area contributed by atoms with Crippen molar-refractivity contribution in [3.05, 3.63) is 47.7 Å². The number of hydrogen-bond donors (Lipinski definition) is 0. The second-order valence-corrected chi connectivity index (χ2v) is 6.31. The third-order valence-corrected chi connectivity index (χ3v) is 4.69. The molecule has 0 unspecified atom stereocenters. The molecule has 0 aliphatic heterocycles. The molecule has 6 heteroatoms. The van der Waals surface area contributed by atoms with Gasteiger partial charge in [-0.15, -0.1) is 5.73 Å². The van der Waals surface area contributed by atoms with Crippen molar-refractivity contribution in [2.75, 3.05) is 13.2 Å². The normalized spacial score (nSPS) is 11.9. The lowest BCUT2D eigenvalue weighted by Gasteiger charge is -2.22. The van der Waals surface area contributed by atoms with E-state index in [1.54, 1.807) is 31.2 Å². The molecule has 21 heavy (non-hydrogen) atoms. The van der Waals surface area contributed by atoms with E-state index in [9.17, 15) is 13.3 Å². The minimum Gasteiger partial charge on any atom is -0.304 e. The lowest BCUT2D eigenvalue weighted by atomic mass is 10.1. The third kappa shape index (κ3) is 4.62. The van der Waals surface area contributed by atoms with E-state index in [0.717, 1.165) is 5.56 Å². The van der Waals surface area contributed by atoms with Crippen LogP contribution in [0.15, 0.2) is 42.1 Å². The molecule has 0 aliphatic carbocycles. The van der Waals surface area contributed by atoms with Gasteiger partial charge in [-0.3, -0.25) is 4.57 Å². The van der Waals surface area contributed by atoms with E-state index >= 15 is 0 Å². The van der Waals surface area contributed by atoms with Gasteiger partial charge in [-0.05, 0) is 31.9 Å². The predicted molar refractivity (Wildman–Crippen MR) is 79.4 cm³/mol. The van der Waals surface area contributed by atoms with Crippen molar-refractivity contribution in [2.24, 2.45) is 0 Å². The van der Waals surface area contributed by atoms with Gasteiger partial charge < -0.3 is 9.05 Å². The molecule has 0 spiro atoms. The van der Waals surface area contributed by atoms with Gasteiger partial charge in [0.1, 0.15) is 0 Å². The molecule has 116 valence electrons. The topological polar surface area (TPSA) is 35.5 Å². The molecule has 0 radical (unpaired) electrons. The maximum absolute atomic E-state index is 14.1. The Morgan fingerprint density at radius 3 is 2.24 bits per heavy atom. The standard InChI is InChI=1S/C15H19F2O3P/c1-4-19-21(18,20-5-2)15(16,17)12-11-13(3)14-9-7-6-8-10-14/h6-10,12H,4-5H2,1-3H3. The maximum Gasteiger partial charge on any atom is 0.404 e. The number of rotatable bonds is 7. The van der Waals surface area contributed by atoms with Crippen molar-refractivity contribution >= 4 is 13.2 Å². The molecule has 1 rings (SSSR count). The molecule has 0 heterocycles. The minimum atomic E-state index is -4.53. The van der Waals surface area contributed by atoms with Crippen molar-refractivity contribution in [1.82, 2.24) is 0 Å². The van der Waals surface area contributed by atoms with E-state index in [1.807, 2.05) is 6.07 Å². The molecule has 0 bridgehead atoms. The predicted octanol–water partition coefficient (Wildman–Crippen LogP) is 5.10. The van der Waals surface area contributed by atoms with Crippen LogP contribution in [0.3, 0.4) is 0 Å². The summed E-state index contributed by atoms with van der Waals surface area (Å²) in [5, 5.41) is 0. The molecule has 0 saturated heterocycles. The molecule has 0 N–H and O–H groups in total. The summed E-state index contributed by atoms with van der Waals surface area (Å²) in [5.74, 6) is 0. The summed E-state index contributed by atoms with van der Waals surface area (Å²) in [6.07, 6.45) is 0.460. The Morgan fingerprint density at radius 1 is 1.24 bits per heavy atom. The molecular weight excluding hydrogens is 297 g/mol. The van der Waals surface area contributed by atoms with Crippen LogP contribution in [0, 0.1) is 0 Å². The average Bonchev–Trinajstić information content (AvgIpc) is 2.46. The molecule has 3 nitrogen and oxygen atoms in total. The molecule has 0 fully saturated rings. The van der Waals surface area contributed by atoms with Crippen LogP contribution in [-0.4, -0.2) is 18.9 Å². The van der Waals surface area contributed by atoms with Crippen LogP contribution in [0.5, 0.6) is 0 Å². The zero-order chi connectivity index (χ0) is 15.9. The fourth-order valence-corrected chi connectivity index (χ4v) is 2.92. The Bertz CT molecular complexity index is 554. The first-order valence-electron chi connectivity index (χ1n) is 6.63. The van der Waals surface area contributed by atoms with Crippen molar-refractivity contribution < 1.29 is 22.4 Å². The monoisotopic (exact) mass is 316 g/mol. The molecule has 0 amide bonds. The summed E-state index contributed by atoms with van der Waals surface area (Å²) >= 11 is 0. The van der Waals surface area contributed by atoms with E-state index in [2.05, 4.69) is 14.8 Å². The summed E-state index contributed by atoms with van der Waals surface area (Å²) < 4.78 is 49.6. The van der Waals surface area contributed by atoms with Gasteiger partial charge in [0, 0.05) is 6.08 Å². The van der Waals surface area contributed by atoms with Crippen LogP contribution in [0.25, 0.3) is 5.57 Å². The van der Waals surface area contributed by atoms with Crippen LogP contribution in [0.4, 0.5) is 8.78 Å². The summed E-state index contributed by atoms with van der Waals surface area (Å²) in [4.78, 5) is 0. The maximum atomic E-state index is 14.1. The molecule has 1 aromatic rings. The number of hydrogen-bond acceptors (Lipinski definition) is 3. The van der Waals surface area contributed by atoms with Gasteiger partial charge in [0.25, 0.3) is 0 Å². The van der Waals surface area contributed by atoms with Gasteiger partial charge in [-0.25, -0.2) is 0 Å². The van der Waals surface area contributed by atoms with Crippen molar-refractivity contribution in [2.45, 2.75) is 26.4 Å². The molecule has 0 aliphatic rings. The highest BCUT2D eigenvalue weighted by molar-refractivity contribution is 7.55. The summed E-state index contributed by atoms with van der Waals surface area (Å²) in [6, 6.07) is 8.97. The first kappa shape index (κ1) is 17.8. The van der Waals surface area contributed by atoms with E-state index in [4.69, 9.17) is 0 Å². The zero-order valence-electron chi connectivity index (χ0n) is 12.3. The highest BCUT2D eigenvalue weighted by Crippen LogP contribution is 2.62. The summed E-state index contributed by atoms with van der Waals surface area (Å²) in [7, 11) is -4.53. The lowest BCUT2D eigenvalue weighted by Crippen LogP contribution is -2.17. The SMILES string of the molecule is CCOP(=O)(OCC)C(F)(F)C=C=C(C)c1ccccc1. The Kier molecular flexibility index (Phi) is 6.50. The van der Waals surface area contributed by atoms with Crippen molar-refractivity contribution in [3.63, 3.8) is 0 Å². The van der Waals surface area contributed by atoms with Gasteiger partial charge in [0.05, 0.1) is 13.2 Å². The van der Waals surface area contributed by atoms with Crippen LogP contribution in [0.2, 0.25) is 0 Å². The molecule has 0 atom stereocenters. The fraction of sp³-hybridized carbons (Fsp3) is 0.400. The number of benzene rings is 1. The smallest absolute Gasteiger partial charge is 0.304 e. The first-order chi connectivity index (χ1) is 9.86. The number of halogens is 2. The Morgan fingerprint density at radius 2 is 1.76 bits per heavy atom. The van der Waals surface area contributed by atoms with Gasteiger partial charge in [-0.2, -0.15) is 8.78 Å². The fourth-order valence-electron chi connectivity index (χ4n) is 1.59. The Hall–Kier alpha value is -1.25. The summed E-state index contributed by atoms with van der Waals surface area (Å²) in [6.45, 7) is 4.37. The highest BCUT2D eigenvalue weighted by Gasteiger charge is 2.51. The first-order valence-corrected chi connectivity index (χ1v) is 8.17. The molecule has 1 aromatic carbocycles. The van der Waals surface area contributed by atoms with Crippen LogP contribution in [-0.2, 0) is 13.6 Å². The van der Waals surface area contributed by atoms with E-state index < -0.39 is 13.3 Å². The molecule has 0 aromatic heterocycles. The van der Waals surface area contributed by atoms with E-state index in [-0.39, 0.29) is 13.2 Å². The van der Waals surface area contributed by atoms with Gasteiger partial charge in [0.15, 0.2) is 0 Å². The Balaban J connectivity index is 3.12. The Labute approximate surface area is 123 Å². The average molecular weight is 316 g/mol. The lowest BCUT2D eigenvalue weighted by molar-refractivity contribution is 0.0795. The largest absolute Gasteiger partial charge is 0.404 e. The second-order valence-electron chi connectivity index (χ2n) is 4.20. The van der Waals surface area contributed by atoms with E-state index in [0.29, 0.717) is 11.6 Å². The van der Waals surface area contributed by atoms with Gasteiger partial charge in [0.2, 0.25) is 0 Å². The minimum absolute atomic E-state index is 0.123. The van der Waals surface area contributed by atoms with Crippen LogP contribution < -0.4 is 0 Å². The van der Waals surface area contributed by atoms with Crippen molar-refractivity contribution in [3.8, 4) is 0 Å². The van der Waals surface area contributed by atoms with Crippen molar-refractivity contribution in [1.29, 1.82) is 0 Å².